The molecule has 18 heteroatoms. The third-order valence-corrected chi connectivity index (χ3v) is 12.4. The summed E-state index contributed by atoms with van der Waals surface area (Å²) in [6.45, 7) is 9.66. The second-order valence-corrected chi connectivity index (χ2v) is 16.4. The number of alkyl halides is 6. The van der Waals surface area contributed by atoms with Crippen LogP contribution < -0.4 is 5.32 Å². The Labute approximate surface area is 345 Å². The molecule has 2 atom stereocenters. The van der Waals surface area contributed by atoms with Crippen molar-refractivity contribution in [3.05, 3.63) is 63.5 Å². The van der Waals surface area contributed by atoms with E-state index in [9.17, 15) is 45.8 Å². The lowest BCUT2D eigenvalue weighted by Gasteiger charge is -2.42. The number of benzene rings is 2. The maximum Gasteiger partial charge on any atom is 0.417 e. The summed E-state index contributed by atoms with van der Waals surface area (Å²) in [5.74, 6) is -1.81. The van der Waals surface area contributed by atoms with E-state index in [0.717, 1.165) is 56.5 Å². The van der Waals surface area contributed by atoms with Crippen molar-refractivity contribution < 1.29 is 66.1 Å². The van der Waals surface area contributed by atoms with Gasteiger partial charge in [0.05, 0.1) is 25.3 Å². The van der Waals surface area contributed by atoms with Gasteiger partial charge in [-0.3, -0.25) is 9.51 Å². The lowest BCUT2D eigenvalue weighted by atomic mass is 9.73. The fraction of sp³-hybridized carbons (Fsp3) is 0.575. The normalized spacial score (nSPS) is 20.2. The molecule has 1 amide bonds. The number of piperidine rings is 2. The van der Waals surface area contributed by atoms with Gasteiger partial charge < -0.3 is 29.5 Å². The van der Waals surface area contributed by atoms with Gasteiger partial charge in [-0.1, -0.05) is 45.5 Å². The minimum Gasteiger partial charge on any atom is -0.468 e. The molecule has 2 N–H and O–H groups in total. The average Bonchev–Trinajstić information content (AvgIpc) is 3.74. The van der Waals surface area contributed by atoms with E-state index in [0.29, 0.717) is 47.3 Å². The van der Waals surface area contributed by atoms with Crippen LogP contribution in [0.5, 0.6) is 0 Å². The molecule has 0 unspecified atom stereocenters. The van der Waals surface area contributed by atoms with Gasteiger partial charge in [-0.25, -0.2) is 9.59 Å². The smallest absolute Gasteiger partial charge is 0.417 e. The van der Waals surface area contributed by atoms with E-state index in [2.05, 4.69) is 6.77 Å². The number of methoxy groups -OCH3 is 2. The van der Waals surface area contributed by atoms with Gasteiger partial charge >= 0.3 is 30.4 Å². The van der Waals surface area contributed by atoms with Gasteiger partial charge in [0.25, 0.3) is 1.45 Å². The number of nitrogens with zero attached hydrogens (tertiary/aromatic N) is 1. The minimum atomic E-state index is -4.62. The van der Waals surface area contributed by atoms with Gasteiger partial charge in [0, 0.05) is 24.1 Å². The number of hydrogen-bond donors (Lipinski definition) is 2. The summed E-state index contributed by atoms with van der Waals surface area (Å²) in [5.41, 5.74) is -3.27. The Balaban J connectivity index is 0.000000379. The molecule has 2 saturated heterocycles. The number of thiophene rings is 1. The molecule has 0 bridgehead atoms. The standard InChI is InChI=1S/C21H26F3NO5S.C16H16F3NO2S.C2H6.CH4.FH/c1-19(2,3)30-18(27)25-10-8-12(9-11-25)20(28)13-6-5-7-14(21(22,23)24)15(13)31-16(20)17(26)29-4;1-22-15(21)14-12(9-5-7-20-8-6-9)10-3-2-4-11(13(10)23-14)16(17,18)19;1-2;;/h5-7,12,16,28H,8-11H2,1-4H3;2-4,9,20H,5-8H2,1H3;1-2H3;1H4;1H/t16-,20-;;;;/m1..../s1/i;;1D;;/hT. The molecule has 58 heavy (non-hydrogen) atoms. The van der Waals surface area contributed by atoms with Gasteiger partial charge in [-0.15, -0.1) is 23.1 Å². The predicted molar refractivity (Wildman–Crippen MR) is 211 cm³/mol. The molecular formula is C40H53F7N2O7S2. The fourth-order valence-corrected chi connectivity index (χ4v) is 10.2. The molecule has 0 saturated carbocycles. The summed E-state index contributed by atoms with van der Waals surface area (Å²) in [5, 5.41) is 14.2. The Morgan fingerprint density at radius 1 is 0.948 bits per heavy atom. The lowest BCUT2D eigenvalue weighted by molar-refractivity contribution is -0.149. The second-order valence-electron chi connectivity index (χ2n) is 14.3. The monoisotopic (exact) mass is 873 g/mol. The van der Waals surface area contributed by atoms with Crippen molar-refractivity contribution in [1.82, 2.24) is 10.2 Å². The van der Waals surface area contributed by atoms with E-state index >= 15 is 0 Å². The second kappa shape index (κ2) is 20.1. The summed E-state index contributed by atoms with van der Waals surface area (Å²) in [6.07, 6.45) is -7.34. The molecule has 326 valence electrons. The number of carbonyl (C=O) groups excluding carboxylic acids is 3. The summed E-state index contributed by atoms with van der Waals surface area (Å²) in [6, 6.07) is 7.75. The third-order valence-electron chi connectivity index (χ3n) is 9.75. The zero-order valence-corrected chi connectivity index (χ0v) is 34.0. The molecule has 2 fully saturated rings. The Morgan fingerprint density at radius 3 is 2.02 bits per heavy atom. The fourth-order valence-electron chi connectivity index (χ4n) is 7.27. The summed E-state index contributed by atoms with van der Waals surface area (Å²) >= 11 is 1.58. The maximum absolute atomic E-state index is 13.6. The molecule has 9 nitrogen and oxygen atoms in total. The van der Waals surface area contributed by atoms with Gasteiger partial charge in [-0.2, -0.15) is 26.3 Å². The highest BCUT2D eigenvalue weighted by atomic mass is 32.2. The molecule has 3 aliphatic heterocycles. The molecule has 6 rings (SSSR count). The molecule has 2 aromatic carbocycles. The van der Waals surface area contributed by atoms with Crippen molar-refractivity contribution in [2.45, 2.75) is 107 Å². The van der Waals surface area contributed by atoms with Crippen LogP contribution >= 0.6 is 23.1 Å². The first-order chi connectivity index (χ1) is 27.6. The van der Waals surface area contributed by atoms with E-state index in [-0.39, 0.29) is 41.6 Å². The molecule has 3 aromatic rings. The molecule has 0 radical (unpaired) electrons. The maximum atomic E-state index is 13.6. The number of hydrogen-bond acceptors (Lipinski definition) is 10. The molecular weight excluding hydrogens is 818 g/mol. The van der Waals surface area contributed by atoms with Crippen LogP contribution in [0.15, 0.2) is 41.3 Å². The molecule has 1 aromatic heterocycles. The summed E-state index contributed by atoms with van der Waals surface area (Å²) in [7, 11) is 2.39. The van der Waals surface area contributed by atoms with Crippen LogP contribution in [-0.2, 0) is 37.0 Å². The van der Waals surface area contributed by atoms with E-state index in [1.807, 2.05) is 0 Å². The largest absolute Gasteiger partial charge is 0.468 e. The number of thioether (sulfide) groups is 1. The predicted octanol–water partition coefficient (Wildman–Crippen LogP) is 10.2. The zero-order chi connectivity index (χ0) is 44.5. The van der Waals surface area contributed by atoms with Crippen LogP contribution in [0.2, 0.25) is 0 Å². The number of carbonyl (C=O) groups is 3. The molecule has 0 aliphatic carbocycles. The number of fused-ring (bicyclic) bond motifs is 2. The average molecular weight is 874 g/mol. The van der Waals surface area contributed by atoms with Gasteiger partial charge in [0.1, 0.15) is 21.3 Å². The Kier molecular flexibility index (Phi) is 16.3. The zero-order valence-electron chi connectivity index (χ0n) is 34.4. The van der Waals surface area contributed by atoms with Gasteiger partial charge in [0.2, 0.25) is 0 Å². The Morgan fingerprint density at radius 2 is 1.50 bits per heavy atom. The number of amides is 1. The van der Waals surface area contributed by atoms with Crippen molar-refractivity contribution in [2.24, 2.45) is 5.92 Å². The third kappa shape index (κ3) is 10.8. The SMILES string of the molecule is C.COC(=O)[C@H]1Sc2c(C(F)(F)F)cccc2[C@]1(O)C1CCN(C(=O)OC(C)(C)C)CC1.COC(=O)c1sc2c(C(F)(F)F)cccc2c1C1CCNCC1.[2H]CC.[3H]F. The van der Waals surface area contributed by atoms with Crippen molar-refractivity contribution in [2.75, 3.05) is 40.4 Å². The van der Waals surface area contributed by atoms with Crippen LogP contribution in [0.4, 0.5) is 35.9 Å². The van der Waals surface area contributed by atoms with Crippen LogP contribution in [0.1, 0.15) is 107 Å². The minimum absolute atomic E-state index is 0. The van der Waals surface area contributed by atoms with E-state index in [1.165, 1.54) is 30.2 Å². The van der Waals surface area contributed by atoms with E-state index < -0.39 is 63.9 Å². The first kappa shape index (κ1) is 47.1. The number of rotatable bonds is 4. The van der Waals surface area contributed by atoms with Crippen LogP contribution in [0.3, 0.4) is 0 Å². The number of halogens is 7. The van der Waals surface area contributed by atoms with E-state index in [1.54, 1.807) is 33.8 Å². The van der Waals surface area contributed by atoms with Crippen molar-refractivity contribution >= 4 is 51.2 Å². The number of ether oxygens (including phenoxy) is 3. The summed E-state index contributed by atoms with van der Waals surface area (Å²) in [4.78, 5) is 38.5. The number of esters is 2. The molecule has 0 spiro atoms. The Hall–Kier alpha value is -3.61. The molecule has 4 heterocycles. The number of nitrogens with one attached hydrogen (secondary N) is 1. The Bertz CT molecular complexity index is 1900. The van der Waals surface area contributed by atoms with Crippen molar-refractivity contribution in [1.29, 1.82) is 1.45 Å². The highest BCUT2D eigenvalue weighted by molar-refractivity contribution is 8.01. The van der Waals surface area contributed by atoms with E-state index in [4.69, 9.17) is 20.3 Å². The topological polar surface area (TPSA) is 114 Å². The quantitative estimate of drug-likeness (QED) is 0.150. The van der Waals surface area contributed by atoms with Gasteiger partial charge in [0.15, 0.2) is 0 Å². The lowest BCUT2D eigenvalue weighted by Crippen LogP contribution is -2.51. The van der Waals surface area contributed by atoms with Gasteiger partial charge in [-0.05, 0) is 100 Å². The number of aliphatic hydroxyl groups is 1. The number of likely N-dealkylation sites (tertiary alicyclic amines) is 1. The van der Waals surface area contributed by atoms with Crippen molar-refractivity contribution in [3.63, 3.8) is 0 Å². The van der Waals surface area contributed by atoms with Crippen LogP contribution in [0, 0.1) is 5.92 Å². The molecule has 3 aliphatic rings. The van der Waals surface area contributed by atoms with Crippen molar-refractivity contribution in [3.8, 4) is 0 Å². The first-order valence-corrected chi connectivity index (χ1v) is 19.7. The highest BCUT2D eigenvalue weighted by Gasteiger charge is 2.57. The van der Waals surface area contributed by atoms with Crippen LogP contribution in [0.25, 0.3) is 10.1 Å². The first-order valence-electron chi connectivity index (χ1n) is 19.1. The summed E-state index contributed by atoms with van der Waals surface area (Å²) < 4.78 is 115. The highest BCUT2D eigenvalue weighted by Crippen LogP contribution is 2.57. The van der Waals surface area contributed by atoms with Crippen LogP contribution in [-0.4, -0.2) is 80.7 Å².